The highest BCUT2D eigenvalue weighted by molar-refractivity contribution is 5.86. The molecule has 0 saturated carbocycles. The van der Waals surface area contributed by atoms with Gasteiger partial charge >= 0.3 is 0 Å². The van der Waals surface area contributed by atoms with Gasteiger partial charge in [0.25, 0.3) is 0 Å². The van der Waals surface area contributed by atoms with Crippen LogP contribution in [0.3, 0.4) is 0 Å². The largest absolute Gasteiger partial charge is 0.356 e. The third kappa shape index (κ3) is 3.11. The van der Waals surface area contributed by atoms with Crippen molar-refractivity contribution in [2.45, 2.75) is 32.6 Å². The van der Waals surface area contributed by atoms with E-state index < -0.39 is 0 Å². The topological polar surface area (TPSA) is 50.1 Å². The van der Waals surface area contributed by atoms with Gasteiger partial charge in [-0.05, 0) is 50.6 Å². The van der Waals surface area contributed by atoms with Crippen LogP contribution in [0, 0.1) is 11.8 Å². The molecule has 130 valence electrons. The first-order valence-electron chi connectivity index (χ1n) is 9.30. The second kappa shape index (κ2) is 6.67. The van der Waals surface area contributed by atoms with Gasteiger partial charge in [0.05, 0.1) is 11.6 Å². The van der Waals surface area contributed by atoms with Gasteiger partial charge < -0.3 is 9.80 Å². The summed E-state index contributed by atoms with van der Waals surface area (Å²) in [6.45, 7) is 8.37. The smallest absolute Gasteiger partial charge is 0.163 e. The molecule has 6 nitrogen and oxygen atoms in total. The van der Waals surface area contributed by atoms with Gasteiger partial charge in [-0.25, -0.2) is 9.97 Å². The van der Waals surface area contributed by atoms with E-state index in [0.717, 1.165) is 41.8 Å². The fourth-order valence-corrected chi connectivity index (χ4v) is 4.22. The minimum atomic E-state index is 0.744. The molecule has 0 N–H and O–H groups in total. The Bertz CT molecular complexity index is 688. The molecule has 2 aromatic heterocycles. The second-order valence-corrected chi connectivity index (χ2v) is 7.64. The lowest BCUT2D eigenvalue weighted by atomic mass is 9.94. The minimum Gasteiger partial charge on any atom is -0.356 e. The predicted octanol–water partition coefficient (Wildman–Crippen LogP) is 2.31. The molecule has 2 fully saturated rings. The lowest BCUT2D eigenvalue weighted by Crippen LogP contribution is -2.43. The molecule has 0 aliphatic carbocycles. The number of aromatic nitrogens is 4. The van der Waals surface area contributed by atoms with Crippen molar-refractivity contribution in [2.24, 2.45) is 18.9 Å². The van der Waals surface area contributed by atoms with E-state index >= 15 is 0 Å². The SMILES string of the molecule is CC1CCN(CC2CCCN(c3ncnc4c3cnn4C)C2)CC1. The van der Waals surface area contributed by atoms with E-state index in [1.54, 1.807) is 6.33 Å². The van der Waals surface area contributed by atoms with Gasteiger partial charge in [0.2, 0.25) is 0 Å². The Morgan fingerprint density at radius 3 is 2.79 bits per heavy atom. The molecular weight excluding hydrogens is 300 g/mol. The van der Waals surface area contributed by atoms with Crippen molar-refractivity contribution < 1.29 is 0 Å². The van der Waals surface area contributed by atoms with Crippen LogP contribution in [0.25, 0.3) is 11.0 Å². The zero-order valence-electron chi connectivity index (χ0n) is 14.9. The summed E-state index contributed by atoms with van der Waals surface area (Å²) >= 11 is 0. The zero-order chi connectivity index (χ0) is 16.5. The Balaban J connectivity index is 1.46. The van der Waals surface area contributed by atoms with Crippen LogP contribution in [0.15, 0.2) is 12.5 Å². The molecule has 0 aromatic carbocycles. The van der Waals surface area contributed by atoms with Crippen molar-refractivity contribution in [2.75, 3.05) is 37.6 Å². The number of hydrogen-bond donors (Lipinski definition) is 0. The van der Waals surface area contributed by atoms with Crippen LogP contribution in [0.1, 0.15) is 32.6 Å². The molecule has 2 aliphatic rings. The summed E-state index contributed by atoms with van der Waals surface area (Å²) in [6.07, 6.45) is 8.89. The fraction of sp³-hybridized carbons (Fsp3) is 0.722. The molecule has 2 saturated heterocycles. The first-order valence-corrected chi connectivity index (χ1v) is 9.30. The van der Waals surface area contributed by atoms with Crippen LogP contribution in [-0.4, -0.2) is 57.4 Å². The van der Waals surface area contributed by atoms with E-state index in [2.05, 4.69) is 31.8 Å². The molecule has 24 heavy (non-hydrogen) atoms. The number of nitrogens with zero attached hydrogens (tertiary/aromatic N) is 6. The summed E-state index contributed by atoms with van der Waals surface area (Å²) < 4.78 is 1.83. The molecule has 6 heteroatoms. The van der Waals surface area contributed by atoms with Crippen LogP contribution < -0.4 is 4.90 Å². The molecule has 4 rings (SSSR count). The summed E-state index contributed by atoms with van der Waals surface area (Å²) in [5.41, 5.74) is 0.923. The molecule has 1 atom stereocenters. The monoisotopic (exact) mass is 328 g/mol. The molecule has 0 radical (unpaired) electrons. The van der Waals surface area contributed by atoms with Crippen LogP contribution in [0.4, 0.5) is 5.82 Å². The van der Waals surface area contributed by atoms with E-state index in [-0.39, 0.29) is 0 Å². The standard InChI is InChI=1S/C18H28N6/c1-14-5-8-23(9-6-14)11-15-4-3-7-24(12-15)18-16-10-21-22(2)17(16)19-13-20-18/h10,13-15H,3-9,11-12H2,1-2H3. The van der Waals surface area contributed by atoms with Crippen molar-refractivity contribution in [1.29, 1.82) is 0 Å². The first-order chi connectivity index (χ1) is 11.7. The third-order valence-corrected chi connectivity index (χ3v) is 5.72. The molecule has 2 aliphatic heterocycles. The van der Waals surface area contributed by atoms with E-state index in [4.69, 9.17) is 0 Å². The second-order valence-electron chi connectivity index (χ2n) is 7.64. The quantitative estimate of drug-likeness (QED) is 0.865. The van der Waals surface area contributed by atoms with Crippen molar-refractivity contribution in [3.63, 3.8) is 0 Å². The Morgan fingerprint density at radius 2 is 1.96 bits per heavy atom. The predicted molar refractivity (Wildman–Crippen MR) is 96.1 cm³/mol. The van der Waals surface area contributed by atoms with Crippen molar-refractivity contribution in [3.8, 4) is 0 Å². The minimum absolute atomic E-state index is 0.744. The average Bonchev–Trinajstić information content (AvgIpc) is 2.99. The molecular formula is C18H28N6. The number of rotatable bonds is 3. The van der Waals surface area contributed by atoms with Gasteiger partial charge in [0.1, 0.15) is 12.1 Å². The van der Waals surface area contributed by atoms with E-state index in [1.165, 1.54) is 45.3 Å². The maximum absolute atomic E-state index is 4.58. The number of anilines is 1. The summed E-state index contributed by atoms with van der Waals surface area (Å²) in [5, 5.41) is 5.43. The number of likely N-dealkylation sites (tertiary alicyclic amines) is 1. The molecule has 0 spiro atoms. The molecule has 1 unspecified atom stereocenters. The molecule has 2 aromatic rings. The van der Waals surface area contributed by atoms with E-state index in [9.17, 15) is 0 Å². The van der Waals surface area contributed by atoms with Gasteiger partial charge in [-0.1, -0.05) is 6.92 Å². The van der Waals surface area contributed by atoms with Crippen molar-refractivity contribution >= 4 is 16.9 Å². The van der Waals surface area contributed by atoms with E-state index in [0.29, 0.717) is 0 Å². The van der Waals surface area contributed by atoms with Crippen LogP contribution in [0.5, 0.6) is 0 Å². The summed E-state index contributed by atoms with van der Waals surface area (Å²) in [6, 6.07) is 0. The Morgan fingerprint density at radius 1 is 1.12 bits per heavy atom. The Hall–Kier alpha value is -1.69. The molecule has 0 amide bonds. The number of piperidine rings is 2. The van der Waals surface area contributed by atoms with Gasteiger partial charge in [-0.15, -0.1) is 0 Å². The van der Waals surface area contributed by atoms with Gasteiger partial charge in [-0.3, -0.25) is 4.68 Å². The number of aryl methyl sites for hydroxylation is 1. The molecule has 4 heterocycles. The lowest BCUT2D eigenvalue weighted by molar-refractivity contribution is 0.159. The van der Waals surface area contributed by atoms with E-state index in [1.807, 2.05) is 17.9 Å². The van der Waals surface area contributed by atoms with Gasteiger partial charge in [-0.2, -0.15) is 5.10 Å². The van der Waals surface area contributed by atoms with Crippen LogP contribution in [0.2, 0.25) is 0 Å². The Kier molecular flexibility index (Phi) is 4.39. The van der Waals surface area contributed by atoms with Crippen LogP contribution >= 0.6 is 0 Å². The fourth-order valence-electron chi connectivity index (χ4n) is 4.22. The third-order valence-electron chi connectivity index (χ3n) is 5.72. The Labute approximate surface area is 143 Å². The van der Waals surface area contributed by atoms with Crippen LogP contribution in [-0.2, 0) is 7.05 Å². The highest BCUT2D eigenvalue weighted by Crippen LogP contribution is 2.28. The summed E-state index contributed by atoms with van der Waals surface area (Å²) in [7, 11) is 1.94. The lowest BCUT2D eigenvalue weighted by Gasteiger charge is -2.38. The van der Waals surface area contributed by atoms with Gasteiger partial charge in [0, 0.05) is 26.7 Å². The van der Waals surface area contributed by atoms with Gasteiger partial charge in [0.15, 0.2) is 5.65 Å². The highest BCUT2D eigenvalue weighted by Gasteiger charge is 2.26. The number of fused-ring (bicyclic) bond motifs is 1. The van der Waals surface area contributed by atoms with Crippen molar-refractivity contribution in [3.05, 3.63) is 12.5 Å². The maximum atomic E-state index is 4.58. The highest BCUT2D eigenvalue weighted by atomic mass is 15.3. The maximum Gasteiger partial charge on any atom is 0.163 e. The summed E-state index contributed by atoms with van der Waals surface area (Å²) in [5.74, 6) is 2.71. The molecule has 0 bridgehead atoms. The van der Waals surface area contributed by atoms with Crippen molar-refractivity contribution in [1.82, 2.24) is 24.6 Å². The first kappa shape index (κ1) is 15.8. The average molecular weight is 328 g/mol. The normalized spacial score (nSPS) is 23.9. The summed E-state index contributed by atoms with van der Waals surface area (Å²) in [4.78, 5) is 14.1. The zero-order valence-corrected chi connectivity index (χ0v) is 14.9. The number of hydrogen-bond acceptors (Lipinski definition) is 5.